The fourth-order valence-corrected chi connectivity index (χ4v) is 2.83. The summed E-state index contributed by atoms with van der Waals surface area (Å²) in [6.45, 7) is 1.18. The molecule has 0 aliphatic heterocycles. The lowest BCUT2D eigenvalue weighted by Crippen LogP contribution is -2.24. The van der Waals surface area contributed by atoms with Crippen molar-refractivity contribution in [3.63, 3.8) is 0 Å². The largest absolute Gasteiger partial charge is 0.387 e. The SMILES string of the molecule is O=C(Cc1cc(CCNCC(O)c2cccnc2)ccn1)Nc1ccccc1. The van der Waals surface area contributed by atoms with E-state index in [0.717, 1.165) is 35.5 Å². The maximum atomic E-state index is 12.2. The highest BCUT2D eigenvalue weighted by atomic mass is 16.3. The number of anilines is 1. The van der Waals surface area contributed by atoms with Crippen molar-refractivity contribution in [2.45, 2.75) is 18.9 Å². The van der Waals surface area contributed by atoms with Crippen LogP contribution in [0.25, 0.3) is 0 Å². The summed E-state index contributed by atoms with van der Waals surface area (Å²) in [6, 6.07) is 16.9. The average molecular weight is 376 g/mol. The number of carbonyl (C=O) groups excluding carboxylic acids is 1. The molecule has 28 heavy (non-hydrogen) atoms. The van der Waals surface area contributed by atoms with Gasteiger partial charge in [0.25, 0.3) is 0 Å². The van der Waals surface area contributed by atoms with E-state index in [9.17, 15) is 9.90 Å². The number of amides is 1. The number of hydrogen-bond donors (Lipinski definition) is 3. The standard InChI is InChI=1S/C22H24N4O2/c27-21(18-5-4-10-23-15-18)16-24-11-8-17-9-12-25-20(13-17)14-22(28)26-19-6-2-1-3-7-19/h1-7,9-10,12-13,15,21,24,27H,8,11,14,16H2,(H,26,28). The molecular formula is C22H24N4O2. The van der Waals surface area contributed by atoms with E-state index in [4.69, 9.17) is 0 Å². The number of aromatic nitrogens is 2. The first-order valence-electron chi connectivity index (χ1n) is 9.28. The van der Waals surface area contributed by atoms with Crippen LogP contribution in [0, 0.1) is 0 Å². The summed E-state index contributed by atoms with van der Waals surface area (Å²) in [5, 5.41) is 16.2. The Morgan fingerprint density at radius 1 is 1.07 bits per heavy atom. The van der Waals surface area contributed by atoms with Crippen LogP contribution in [0.3, 0.4) is 0 Å². The van der Waals surface area contributed by atoms with Gasteiger partial charge in [-0.25, -0.2) is 0 Å². The van der Waals surface area contributed by atoms with Crippen LogP contribution in [-0.2, 0) is 17.6 Å². The van der Waals surface area contributed by atoms with Gasteiger partial charge in [0, 0.05) is 42.1 Å². The number of nitrogens with one attached hydrogen (secondary N) is 2. The molecule has 2 heterocycles. The molecule has 0 bridgehead atoms. The van der Waals surface area contributed by atoms with Gasteiger partial charge in [-0.05, 0) is 48.9 Å². The van der Waals surface area contributed by atoms with Gasteiger partial charge in [0.1, 0.15) is 0 Å². The first kappa shape index (κ1) is 19.7. The first-order chi connectivity index (χ1) is 13.7. The number of rotatable bonds is 9. The molecule has 1 aromatic carbocycles. The van der Waals surface area contributed by atoms with E-state index in [1.165, 1.54) is 0 Å². The van der Waals surface area contributed by atoms with Crippen LogP contribution in [0.1, 0.15) is 22.9 Å². The van der Waals surface area contributed by atoms with E-state index in [-0.39, 0.29) is 12.3 Å². The average Bonchev–Trinajstić information content (AvgIpc) is 2.72. The number of pyridine rings is 2. The van der Waals surface area contributed by atoms with Gasteiger partial charge < -0.3 is 15.7 Å². The predicted octanol–water partition coefficient (Wildman–Crippen LogP) is 2.52. The van der Waals surface area contributed by atoms with E-state index in [1.807, 2.05) is 54.6 Å². The number of carbonyl (C=O) groups is 1. The zero-order valence-corrected chi connectivity index (χ0v) is 15.6. The molecule has 6 nitrogen and oxygen atoms in total. The van der Waals surface area contributed by atoms with Gasteiger partial charge >= 0.3 is 0 Å². The smallest absolute Gasteiger partial charge is 0.230 e. The molecule has 0 spiro atoms. The maximum absolute atomic E-state index is 12.2. The van der Waals surface area contributed by atoms with Gasteiger partial charge in [0.05, 0.1) is 12.5 Å². The highest BCUT2D eigenvalue weighted by molar-refractivity contribution is 5.91. The molecule has 3 rings (SSSR count). The third kappa shape index (κ3) is 6.26. The van der Waals surface area contributed by atoms with E-state index >= 15 is 0 Å². The fraction of sp³-hybridized carbons (Fsp3) is 0.227. The third-order valence-corrected chi connectivity index (χ3v) is 4.28. The minimum absolute atomic E-state index is 0.0893. The van der Waals surface area contributed by atoms with Crippen LogP contribution in [0.15, 0.2) is 73.2 Å². The molecule has 2 aromatic heterocycles. The Labute approximate surface area is 164 Å². The Morgan fingerprint density at radius 2 is 1.93 bits per heavy atom. The van der Waals surface area contributed by atoms with Gasteiger partial charge in [-0.1, -0.05) is 24.3 Å². The summed E-state index contributed by atoms with van der Waals surface area (Å²) in [4.78, 5) is 20.5. The molecule has 0 radical (unpaired) electrons. The summed E-state index contributed by atoms with van der Waals surface area (Å²) in [5.41, 5.74) is 3.41. The summed E-state index contributed by atoms with van der Waals surface area (Å²) in [6.07, 6.45) is 5.52. The highest BCUT2D eigenvalue weighted by Crippen LogP contribution is 2.10. The Morgan fingerprint density at radius 3 is 2.71 bits per heavy atom. The van der Waals surface area contributed by atoms with Crippen LogP contribution in [-0.4, -0.2) is 34.1 Å². The quantitative estimate of drug-likeness (QED) is 0.500. The van der Waals surface area contributed by atoms with Crippen molar-refractivity contribution in [1.29, 1.82) is 0 Å². The molecule has 1 amide bonds. The van der Waals surface area contributed by atoms with Crippen LogP contribution < -0.4 is 10.6 Å². The van der Waals surface area contributed by atoms with Crippen LogP contribution in [0.2, 0.25) is 0 Å². The first-order valence-corrected chi connectivity index (χ1v) is 9.28. The van der Waals surface area contributed by atoms with Crippen molar-refractivity contribution >= 4 is 11.6 Å². The number of para-hydroxylation sites is 1. The van der Waals surface area contributed by atoms with Crippen molar-refractivity contribution in [2.24, 2.45) is 0 Å². The highest BCUT2D eigenvalue weighted by Gasteiger charge is 2.08. The van der Waals surface area contributed by atoms with Gasteiger partial charge in [-0.15, -0.1) is 0 Å². The number of hydrogen-bond acceptors (Lipinski definition) is 5. The Kier molecular flexibility index (Phi) is 7.23. The molecule has 0 saturated heterocycles. The fourth-order valence-electron chi connectivity index (χ4n) is 2.83. The van der Waals surface area contributed by atoms with E-state index < -0.39 is 6.10 Å². The van der Waals surface area contributed by atoms with Gasteiger partial charge in [0.15, 0.2) is 0 Å². The second kappa shape index (κ2) is 10.3. The molecule has 0 fully saturated rings. The summed E-state index contributed by atoms with van der Waals surface area (Å²) >= 11 is 0. The minimum Gasteiger partial charge on any atom is -0.387 e. The van der Waals surface area contributed by atoms with Crippen molar-refractivity contribution in [1.82, 2.24) is 15.3 Å². The topological polar surface area (TPSA) is 87.1 Å². The van der Waals surface area contributed by atoms with Crippen LogP contribution in [0.4, 0.5) is 5.69 Å². The molecule has 1 atom stereocenters. The third-order valence-electron chi connectivity index (χ3n) is 4.28. The lowest BCUT2D eigenvalue weighted by Gasteiger charge is -2.12. The Balaban J connectivity index is 1.43. The van der Waals surface area contributed by atoms with E-state index in [2.05, 4.69) is 20.6 Å². The lowest BCUT2D eigenvalue weighted by atomic mass is 10.1. The molecule has 3 aromatic rings. The molecule has 6 heteroatoms. The summed E-state index contributed by atoms with van der Waals surface area (Å²) < 4.78 is 0. The molecular weight excluding hydrogens is 352 g/mol. The maximum Gasteiger partial charge on any atom is 0.230 e. The van der Waals surface area contributed by atoms with Crippen molar-refractivity contribution in [3.8, 4) is 0 Å². The molecule has 0 aliphatic carbocycles. The zero-order chi connectivity index (χ0) is 19.6. The Bertz CT molecular complexity index is 872. The lowest BCUT2D eigenvalue weighted by molar-refractivity contribution is -0.115. The molecule has 144 valence electrons. The number of benzene rings is 1. The van der Waals surface area contributed by atoms with Crippen molar-refractivity contribution in [2.75, 3.05) is 18.4 Å². The Hall–Kier alpha value is -3.09. The minimum atomic E-state index is -0.580. The van der Waals surface area contributed by atoms with Gasteiger partial charge in [0.2, 0.25) is 5.91 Å². The van der Waals surface area contributed by atoms with Crippen LogP contribution in [0.5, 0.6) is 0 Å². The molecule has 1 unspecified atom stereocenters. The van der Waals surface area contributed by atoms with Crippen molar-refractivity contribution in [3.05, 3.63) is 90.0 Å². The number of aliphatic hydroxyl groups excluding tert-OH is 1. The predicted molar refractivity (Wildman–Crippen MR) is 109 cm³/mol. The van der Waals surface area contributed by atoms with E-state index in [0.29, 0.717) is 6.54 Å². The number of nitrogens with zero attached hydrogens (tertiary/aromatic N) is 2. The normalized spacial score (nSPS) is 11.8. The molecule has 0 aliphatic rings. The second-order valence-electron chi connectivity index (χ2n) is 6.50. The van der Waals surface area contributed by atoms with Gasteiger partial charge in [-0.2, -0.15) is 0 Å². The van der Waals surface area contributed by atoms with Crippen molar-refractivity contribution < 1.29 is 9.90 Å². The summed E-state index contributed by atoms with van der Waals surface area (Å²) in [7, 11) is 0. The monoisotopic (exact) mass is 376 g/mol. The van der Waals surface area contributed by atoms with Crippen LogP contribution >= 0.6 is 0 Å². The second-order valence-corrected chi connectivity index (χ2v) is 6.50. The number of aliphatic hydroxyl groups is 1. The molecule has 0 saturated carbocycles. The van der Waals surface area contributed by atoms with Gasteiger partial charge in [-0.3, -0.25) is 14.8 Å². The summed E-state index contributed by atoms with van der Waals surface area (Å²) in [5.74, 6) is -0.0893. The zero-order valence-electron chi connectivity index (χ0n) is 15.6. The van der Waals surface area contributed by atoms with E-state index in [1.54, 1.807) is 18.6 Å². The molecule has 3 N–H and O–H groups in total.